The average Bonchev–Trinajstić information content (AvgIpc) is 2.83. The molecule has 1 heterocycles. The Labute approximate surface area is 114 Å². The summed E-state index contributed by atoms with van der Waals surface area (Å²) >= 11 is 0. The standard InChI is InChI=1S/C15H22N4/c1-16-9-15(6-3-7-15)10-19(2)12-4-5-13-14(8-12)18-11-17-13/h4-5,8,11,16H,3,6-7,9-10H2,1-2H3,(H,17,18). The molecule has 2 N–H and O–H groups in total. The van der Waals surface area contributed by atoms with Gasteiger partial charge in [0.25, 0.3) is 0 Å². The van der Waals surface area contributed by atoms with Crippen molar-refractivity contribution in [2.75, 3.05) is 32.1 Å². The number of hydrogen-bond acceptors (Lipinski definition) is 3. The summed E-state index contributed by atoms with van der Waals surface area (Å²) in [4.78, 5) is 9.82. The van der Waals surface area contributed by atoms with Gasteiger partial charge in [-0.05, 0) is 38.1 Å². The molecule has 0 radical (unpaired) electrons. The van der Waals surface area contributed by atoms with Crippen LogP contribution in [0, 0.1) is 5.41 Å². The third-order valence-corrected chi connectivity index (χ3v) is 4.38. The third-order valence-electron chi connectivity index (χ3n) is 4.38. The second-order valence-corrected chi connectivity index (χ2v) is 5.84. The maximum atomic E-state index is 4.27. The quantitative estimate of drug-likeness (QED) is 0.865. The van der Waals surface area contributed by atoms with Gasteiger partial charge in [0.2, 0.25) is 0 Å². The molecule has 1 saturated carbocycles. The number of hydrogen-bond donors (Lipinski definition) is 2. The van der Waals surface area contributed by atoms with E-state index in [2.05, 4.69) is 52.5 Å². The van der Waals surface area contributed by atoms with Gasteiger partial charge in [-0.2, -0.15) is 0 Å². The lowest BCUT2D eigenvalue weighted by Crippen LogP contribution is -2.47. The summed E-state index contributed by atoms with van der Waals surface area (Å²) in [6.07, 6.45) is 5.80. The topological polar surface area (TPSA) is 44.0 Å². The number of fused-ring (bicyclic) bond motifs is 1. The van der Waals surface area contributed by atoms with Gasteiger partial charge in [-0.15, -0.1) is 0 Å². The summed E-state index contributed by atoms with van der Waals surface area (Å²) in [6, 6.07) is 6.44. The zero-order valence-corrected chi connectivity index (χ0v) is 11.7. The van der Waals surface area contributed by atoms with Crippen molar-refractivity contribution in [2.45, 2.75) is 19.3 Å². The molecular weight excluding hydrogens is 236 g/mol. The summed E-state index contributed by atoms with van der Waals surface area (Å²) in [5, 5.41) is 3.35. The van der Waals surface area contributed by atoms with Crippen LogP contribution in [0.4, 0.5) is 5.69 Å². The molecule has 0 saturated heterocycles. The lowest BCUT2D eigenvalue weighted by Gasteiger charge is -2.45. The van der Waals surface area contributed by atoms with E-state index in [4.69, 9.17) is 0 Å². The normalized spacial score (nSPS) is 17.4. The van der Waals surface area contributed by atoms with E-state index in [0.29, 0.717) is 5.41 Å². The Morgan fingerprint density at radius 1 is 1.42 bits per heavy atom. The van der Waals surface area contributed by atoms with Gasteiger partial charge in [0.1, 0.15) is 0 Å². The number of H-pyrrole nitrogens is 1. The Morgan fingerprint density at radius 2 is 2.26 bits per heavy atom. The molecule has 2 aromatic rings. The number of anilines is 1. The lowest BCUT2D eigenvalue weighted by atomic mass is 9.68. The van der Waals surface area contributed by atoms with Crippen LogP contribution in [0.5, 0.6) is 0 Å². The number of benzene rings is 1. The first-order chi connectivity index (χ1) is 9.22. The highest BCUT2D eigenvalue weighted by Gasteiger charge is 2.37. The van der Waals surface area contributed by atoms with Crippen molar-refractivity contribution in [3.8, 4) is 0 Å². The van der Waals surface area contributed by atoms with E-state index in [1.807, 2.05) is 0 Å². The molecule has 1 aromatic heterocycles. The maximum Gasteiger partial charge on any atom is 0.0931 e. The van der Waals surface area contributed by atoms with Crippen LogP contribution >= 0.6 is 0 Å². The van der Waals surface area contributed by atoms with Crippen molar-refractivity contribution in [1.29, 1.82) is 0 Å². The molecule has 0 aliphatic heterocycles. The predicted molar refractivity (Wildman–Crippen MR) is 79.6 cm³/mol. The molecule has 3 rings (SSSR count). The molecule has 1 aliphatic carbocycles. The third kappa shape index (κ3) is 2.32. The fraction of sp³-hybridized carbons (Fsp3) is 0.533. The Morgan fingerprint density at radius 3 is 2.95 bits per heavy atom. The Balaban J connectivity index is 1.77. The fourth-order valence-corrected chi connectivity index (χ4v) is 3.20. The maximum absolute atomic E-state index is 4.27. The highest BCUT2D eigenvalue weighted by molar-refractivity contribution is 5.78. The van der Waals surface area contributed by atoms with E-state index < -0.39 is 0 Å². The van der Waals surface area contributed by atoms with Crippen molar-refractivity contribution in [3.63, 3.8) is 0 Å². The minimum atomic E-state index is 0.465. The molecule has 102 valence electrons. The van der Waals surface area contributed by atoms with Crippen molar-refractivity contribution in [3.05, 3.63) is 24.5 Å². The van der Waals surface area contributed by atoms with E-state index in [-0.39, 0.29) is 0 Å². The molecule has 1 aromatic carbocycles. The van der Waals surface area contributed by atoms with Gasteiger partial charge in [0.05, 0.1) is 17.4 Å². The van der Waals surface area contributed by atoms with Crippen molar-refractivity contribution in [2.24, 2.45) is 5.41 Å². The van der Waals surface area contributed by atoms with E-state index in [1.165, 1.54) is 24.9 Å². The largest absolute Gasteiger partial charge is 0.374 e. The van der Waals surface area contributed by atoms with Crippen LogP contribution in [0.1, 0.15) is 19.3 Å². The molecule has 0 amide bonds. The van der Waals surface area contributed by atoms with Gasteiger partial charge < -0.3 is 15.2 Å². The average molecular weight is 258 g/mol. The van der Waals surface area contributed by atoms with E-state index in [0.717, 1.165) is 24.1 Å². The first-order valence-corrected chi connectivity index (χ1v) is 7.01. The minimum absolute atomic E-state index is 0.465. The van der Waals surface area contributed by atoms with Gasteiger partial charge in [-0.25, -0.2) is 4.98 Å². The van der Waals surface area contributed by atoms with Crippen LogP contribution in [0.15, 0.2) is 24.5 Å². The predicted octanol–water partition coefficient (Wildman–Crippen LogP) is 2.39. The van der Waals surface area contributed by atoms with Crippen LogP contribution in [-0.4, -0.2) is 37.2 Å². The SMILES string of the molecule is CNCC1(CN(C)c2ccc3nc[nH]c3c2)CCC1. The summed E-state index contributed by atoms with van der Waals surface area (Å²) in [7, 11) is 4.24. The van der Waals surface area contributed by atoms with Crippen LogP contribution in [0.3, 0.4) is 0 Å². The van der Waals surface area contributed by atoms with E-state index in [1.54, 1.807) is 6.33 Å². The molecule has 0 unspecified atom stereocenters. The Hall–Kier alpha value is -1.55. The number of nitrogens with zero attached hydrogens (tertiary/aromatic N) is 2. The highest BCUT2D eigenvalue weighted by Crippen LogP contribution is 2.41. The number of rotatable bonds is 5. The molecular formula is C15H22N4. The smallest absolute Gasteiger partial charge is 0.0931 e. The van der Waals surface area contributed by atoms with Crippen LogP contribution in [0.2, 0.25) is 0 Å². The summed E-state index contributed by atoms with van der Waals surface area (Å²) in [5.74, 6) is 0. The van der Waals surface area contributed by atoms with Gasteiger partial charge in [-0.3, -0.25) is 0 Å². The van der Waals surface area contributed by atoms with Crippen molar-refractivity contribution >= 4 is 16.7 Å². The Kier molecular flexibility index (Phi) is 3.19. The molecule has 1 fully saturated rings. The minimum Gasteiger partial charge on any atom is -0.374 e. The molecule has 0 atom stereocenters. The van der Waals surface area contributed by atoms with Gasteiger partial charge in [0, 0.05) is 31.2 Å². The van der Waals surface area contributed by atoms with E-state index >= 15 is 0 Å². The molecule has 19 heavy (non-hydrogen) atoms. The van der Waals surface area contributed by atoms with Gasteiger partial charge in [-0.1, -0.05) is 6.42 Å². The number of imidazole rings is 1. The van der Waals surface area contributed by atoms with Crippen molar-refractivity contribution in [1.82, 2.24) is 15.3 Å². The number of aromatic nitrogens is 2. The second kappa shape index (κ2) is 4.85. The van der Waals surface area contributed by atoms with Crippen LogP contribution in [0.25, 0.3) is 11.0 Å². The molecule has 0 bridgehead atoms. The monoisotopic (exact) mass is 258 g/mol. The lowest BCUT2D eigenvalue weighted by molar-refractivity contribution is 0.143. The zero-order chi connectivity index (χ0) is 13.3. The van der Waals surface area contributed by atoms with Crippen LogP contribution in [-0.2, 0) is 0 Å². The Bertz CT molecular complexity index is 556. The first-order valence-electron chi connectivity index (χ1n) is 7.01. The number of nitrogens with one attached hydrogen (secondary N) is 2. The first kappa shape index (κ1) is 12.5. The van der Waals surface area contributed by atoms with E-state index in [9.17, 15) is 0 Å². The summed E-state index contributed by atoms with van der Waals surface area (Å²) in [6.45, 7) is 2.23. The summed E-state index contributed by atoms with van der Waals surface area (Å²) in [5.41, 5.74) is 3.87. The van der Waals surface area contributed by atoms with Crippen LogP contribution < -0.4 is 10.2 Å². The second-order valence-electron chi connectivity index (χ2n) is 5.84. The molecule has 0 spiro atoms. The fourth-order valence-electron chi connectivity index (χ4n) is 3.20. The highest BCUT2D eigenvalue weighted by atomic mass is 15.1. The molecule has 1 aliphatic rings. The molecule has 4 nitrogen and oxygen atoms in total. The zero-order valence-electron chi connectivity index (χ0n) is 11.7. The number of aromatic amines is 1. The van der Waals surface area contributed by atoms with Crippen molar-refractivity contribution < 1.29 is 0 Å². The molecule has 4 heteroatoms. The summed E-state index contributed by atoms with van der Waals surface area (Å²) < 4.78 is 0. The van der Waals surface area contributed by atoms with Gasteiger partial charge in [0.15, 0.2) is 0 Å². The van der Waals surface area contributed by atoms with Gasteiger partial charge >= 0.3 is 0 Å².